The number of amides is 1. The third kappa shape index (κ3) is 3.52. The highest BCUT2D eigenvalue weighted by molar-refractivity contribution is 7.16. The molecule has 0 saturated heterocycles. The summed E-state index contributed by atoms with van der Waals surface area (Å²) in [5.41, 5.74) is 2.11. The maximum atomic E-state index is 12.4. The number of nitrogens with zero attached hydrogens (tertiary/aromatic N) is 4. The highest BCUT2D eigenvalue weighted by Gasteiger charge is 2.26. The molecule has 0 bridgehead atoms. The summed E-state index contributed by atoms with van der Waals surface area (Å²) in [6, 6.07) is 6.24. The Bertz CT molecular complexity index is 1040. The van der Waals surface area contributed by atoms with E-state index in [-0.39, 0.29) is 5.91 Å². The maximum Gasteiger partial charge on any atom is 0.259 e. The van der Waals surface area contributed by atoms with E-state index < -0.39 is 0 Å². The number of carbonyl (C=O) groups excluding carboxylic acids is 1. The largest absolute Gasteiger partial charge is 0.465 e. The van der Waals surface area contributed by atoms with Crippen LogP contribution in [0.25, 0.3) is 0 Å². The summed E-state index contributed by atoms with van der Waals surface area (Å²) in [7, 11) is 1.76. The van der Waals surface area contributed by atoms with Crippen molar-refractivity contribution in [2.24, 2.45) is 7.05 Å². The van der Waals surface area contributed by atoms with Crippen LogP contribution < -0.4 is 5.32 Å². The van der Waals surface area contributed by atoms with Gasteiger partial charge in [-0.25, -0.2) is 0 Å². The minimum Gasteiger partial charge on any atom is -0.465 e. The fraction of sp³-hybridized carbons (Fsp3) is 0.316. The van der Waals surface area contributed by atoms with E-state index >= 15 is 0 Å². The second kappa shape index (κ2) is 7.02. The molecule has 0 saturated carbocycles. The van der Waals surface area contributed by atoms with E-state index in [1.165, 1.54) is 17.5 Å². The van der Waals surface area contributed by atoms with E-state index in [2.05, 4.69) is 21.4 Å². The van der Waals surface area contributed by atoms with E-state index in [9.17, 15) is 10.1 Å². The second-order valence-corrected chi connectivity index (χ2v) is 7.75. The van der Waals surface area contributed by atoms with Crippen molar-refractivity contribution in [2.45, 2.75) is 26.4 Å². The highest BCUT2D eigenvalue weighted by Crippen LogP contribution is 2.37. The van der Waals surface area contributed by atoms with Crippen molar-refractivity contribution >= 4 is 22.2 Å². The minimum absolute atomic E-state index is 0.249. The predicted molar refractivity (Wildman–Crippen MR) is 101 cm³/mol. The van der Waals surface area contributed by atoms with Gasteiger partial charge < -0.3 is 9.73 Å². The summed E-state index contributed by atoms with van der Waals surface area (Å²) in [6.45, 7) is 4.28. The van der Waals surface area contributed by atoms with Crippen molar-refractivity contribution in [3.05, 3.63) is 57.6 Å². The molecule has 1 N–H and O–H groups in total. The zero-order valence-corrected chi connectivity index (χ0v) is 16.0. The predicted octanol–water partition coefficient (Wildman–Crippen LogP) is 3.07. The fourth-order valence-corrected chi connectivity index (χ4v) is 4.54. The van der Waals surface area contributed by atoms with Gasteiger partial charge in [-0.05, 0) is 31.0 Å². The number of aromatic nitrogens is 2. The number of hydrogen-bond acceptors (Lipinski definition) is 6. The Morgan fingerprint density at radius 2 is 2.33 bits per heavy atom. The van der Waals surface area contributed by atoms with E-state index in [0.29, 0.717) is 16.1 Å². The van der Waals surface area contributed by atoms with E-state index in [0.717, 1.165) is 48.0 Å². The lowest BCUT2D eigenvalue weighted by molar-refractivity contribution is 0.102. The number of fused-ring (bicyclic) bond motifs is 1. The van der Waals surface area contributed by atoms with Gasteiger partial charge in [0.05, 0.1) is 23.9 Å². The standard InChI is InChI=1S/C19H19N5O2S/c1-12-3-4-14(26-12)10-24-6-5-15-16(7-20)19(27-17(15)11-24)22-18(25)13-8-21-23(2)9-13/h3-4,8-9H,5-6,10-11H2,1-2H3,(H,22,25). The first-order valence-electron chi connectivity index (χ1n) is 8.66. The molecule has 0 spiro atoms. The molecule has 1 amide bonds. The second-order valence-electron chi connectivity index (χ2n) is 6.65. The Hall–Kier alpha value is -2.89. The molecule has 3 aromatic rings. The van der Waals surface area contributed by atoms with Crippen molar-refractivity contribution in [3.63, 3.8) is 0 Å². The zero-order valence-electron chi connectivity index (χ0n) is 15.2. The normalized spacial score (nSPS) is 14.0. The highest BCUT2D eigenvalue weighted by atomic mass is 32.1. The molecular weight excluding hydrogens is 362 g/mol. The Balaban J connectivity index is 1.52. The molecule has 1 aliphatic heterocycles. The van der Waals surface area contributed by atoms with E-state index in [1.54, 1.807) is 17.9 Å². The average molecular weight is 381 g/mol. The molecule has 0 unspecified atom stereocenters. The molecule has 4 rings (SSSR count). The SMILES string of the molecule is Cc1ccc(CN2CCc3c(sc(NC(=O)c4cnn(C)c4)c3C#N)C2)o1. The van der Waals surface area contributed by atoms with Gasteiger partial charge >= 0.3 is 0 Å². The molecular formula is C19H19N5O2S. The molecule has 1 aliphatic rings. The molecule has 3 aromatic heterocycles. The molecule has 0 fully saturated rings. The number of furan rings is 1. The molecule has 0 aliphatic carbocycles. The topological polar surface area (TPSA) is 87.1 Å². The number of rotatable bonds is 4. The number of hydrogen-bond donors (Lipinski definition) is 1. The van der Waals surface area contributed by atoms with Crippen LogP contribution in [0, 0.1) is 18.3 Å². The molecule has 0 atom stereocenters. The third-order valence-corrected chi connectivity index (χ3v) is 5.75. The van der Waals surface area contributed by atoms with Crippen LogP contribution in [0.2, 0.25) is 0 Å². The van der Waals surface area contributed by atoms with Crippen LogP contribution in [0.4, 0.5) is 5.00 Å². The van der Waals surface area contributed by atoms with E-state index in [1.807, 2.05) is 19.1 Å². The van der Waals surface area contributed by atoms with Gasteiger partial charge in [0.2, 0.25) is 0 Å². The van der Waals surface area contributed by atoms with Crippen molar-refractivity contribution < 1.29 is 9.21 Å². The van der Waals surface area contributed by atoms with Gasteiger partial charge in [-0.15, -0.1) is 11.3 Å². The molecule has 4 heterocycles. The van der Waals surface area contributed by atoms with Crippen molar-refractivity contribution in [1.82, 2.24) is 14.7 Å². The van der Waals surface area contributed by atoms with Crippen LogP contribution in [-0.4, -0.2) is 27.1 Å². The number of carbonyl (C=O) groups is 1. The smallest absolute Gasteiger partial charge is 0.259 e. The monoisotopic (exact) mass is 381 g/mol. The zero-order chi connectivity index (χ0) is 19.0. The summed E-state index contributed by atoms with van der Waals surface area (Å²) in [5.74, 6) is 1.60. The lowest BCUT2D eigenvalue weighted by Gasteiger charge is -2.25. The van der Waals surface area contributed by atoms with Crippen LogP contribution in [0.15, 0.2) is 28.9 Å². The van der Waals surface area contributed by atoms with Gasteiger partial charge in [0.25, 0.3) is 5.91 Å². The molecule has 138 valence electrons. The number of aryl methyl sites for hydroxylation is 2. The lowest BCUT2D eigenvalue weighted by Crippen LogP contribution is -2.29. The average Bonchev–Trinajstić information content (AvgIpc) is 3.33. The fourth-order valence-electron chi connectivity index (χ4n) is 3.30. The van der Waals surface area contributed by atoms with Gasteiger partial charge in [-0.3, -0.25) is 14.4 Å². The van der Waals surface area contributed by atoms with Gasteiger partial charge in [0.15, 0.2) is 0 Å². The summed E-state index contributed by atoms with van der Waals surface area (Å²) in [5, 5.41) is 17.1. The third-order valence-electron chi connectivity index (χ3n) is 4.62. The number of nitriles is 1. The number of nitrogens with one attached hydrogen (secondary N) is 1. The van der Waals surface area contributed by atoms with Crippen molar-refractivity contribution in [3.8, 4) is 6.07 Å². The Kier molecular flexibility index (Phi) is 4.56. The van der Waals surface area contributed by atoms with Crippen LogP contribution in [0.3, 0.4) is 0 Å². The molecule has 0 aromatic carbocycles. The van der Waals surface area contributed by atoms with Gasteiger partial charge in [0, 0.05) is 31.2 Å². The summed E-state index contributed by atoms with van der Waals surface area (Å²) >= 11 is 1.48. The first-order valence-corrected chi connectivity index (χ1v) is 9.47. The van der Waals surface area contributed by atoms with Crippen LogP contribution in [0.1, 0.15) is 37.9 Å². The number of thiophene rings is 1. The number of anilines is 1. The molecule has 7 nitrogen and oxygen atoms in total. The van der Waals surface area contributed by atoms with Crippen LogP contribution >= 0.6 is 11.3 Å². The lowest BCUT2D eigenvalue weighted by atomic mass is 10.0. The van der Waals surface area contributed by atoms with Gasteiger partial charge in [-0.1, -0.05) is 0 Å². The van der Waals surface area contributed by atoms with Crippen molar-refractivity contribution in [1.29, 1.82) is 5.26 Å². The molecule has 27 heavy (non-hydrogen) atoms. The quantitative estimate of drug-likeness (QED) is 0.750. The van der Waals surface area contributed by atoms with Crippen molar-refractivity contribution in [2.75, 3.05) is 11.9 Å². The Morgan fingerprint density at radius 1 is 1.48 bits per heavy atom. The van der Waals surface area contributed by atoms with Gasteiger partial charge in [0.1, 0.15) is 22.6 Å². The summed E-state index contributed by atoms with van der Waals surface area (Å²) in [6.07, 6.45) is 3.96. The van der Waals surface area contributed by atoms with E-state index in [4.69, 9.17) is 4.42 Å². The first kappa shape index (κ1) is 17.5. The summed E-state index contributed by atoms with van der Waals surface area (Å²) < 4.78 is 7.25. The maximum absolute atomic E-state index is 12.4. The molecule has 8 heteroatoms. The minimum atomic E-state index is -0.249. The first-order chi connectivity index (χ1) is 13.0. The Labute approximate surface area is 160 Å². The Morgan fingerprint density at radius 3 is 3.00 bits per heavy atom. The summed E-state index contributed by atoms with van der Waals surface area (Å²) in [4.78, 5) is 15.9. The molecule has 0 radical (unpaired) electrons. The van der Waals surface area contributed by atoms with Crippen LogP contribution in [0.5, 0.6) is 0 Å². The van der Waals surface area contributed by atoms with Crippen LogP contribution in [-0.2, 0) is 26.6 Å². The van der Waals surface area contributed by atoms with Gasteiger partial charge in [-0.2, -0.15) is 10.4 Å².